The van der Waals surface area contributed by atoms with Crippen LogP contribution in [0.4, 0.5) is 5.69 Å². The van der Waals surface area contributed by atoms with Crippen LogP contribution in [-0.4, -0.2) is 75.9 Å². The lowest BCUT2D eigenvalue weighted by Crippen LogP contribution is -2.47. The molecule has 3 rings (SSSR count). The van der Waals surface area contributed by atoms with Crippen molar-refractivity contribution in [2.45, 2.75) is 45.1 Å². The Bertz CT molecular complexity index is 655. The number of piperazine rings is 1. The van der Waals surface area contributed by atoms with Crippen molar-refractivity contribution in [2.24, 2.45) is 4.99 Å². The zero-order valence-electron chi connectivity index (χ0n) is 19.0. The third kappa shape index (κ3) is 7.89. The average molecular weight is 530 g/mol. The van der Waals surface area contributed by atoms with E-state index in [4.69, 9.17) is 4.74 Å². The number of aliphatic imine (C=N–C) groups is 1. The summed E-state index contributed by atoms with van der Waals surface area (Å²) in [5.74, 6) is 0.883. The highest BCUT2D eigenvalue weighted by Crippen LogP contribution is 2.23. The Hall–Kier alpha value is -1.06. The fourth-order valence-electron chi connectivity index (χ4n) is 4.19. The quantitative estimate of drug-likeness (QED) is 0.235. The SMILES string of the molecule is CN=C(NCCCCN1CCN(c2cccc(C)c2)CC1)NCC1(C)CCCO1.I. The third-order valence-electron chi connectivity index (χ3n) is 6.09. The van der Waals surface area contributed by atoms with Crippen LogP contribution >= 0.6 is 24.0 Å². The molecular formula is C23H40IN5O. The molecule has 170 valence electrons. The van der Waals surface area contributed by atoms with Gasteiger partial charge >= 0.3 is 0 Å². The Morgan fingerprint density at radius 2 is 1.97 bits per heavy atom. The Kier molecular flexibility index (Phi) is 10.7. The number of hydrogen-bond donors (Lipinski definition) is 2. The number of ether oxygens (including phenoxy) is 1. The smallest absolute Gasteiger partial charge is 0.191 e. The Balaban J connectivity index is 0.00000320. The molecule has 2 N–H and O–H groups in total. The van der Waals surface area contributed by atoms with Crippen LogP contribution < -0.4 is 15.5 Å². The van der Waals surface area contributed by atoms with Crippen LogP contribution in [0.15, 0.2) is 29.3 Å². The number of rotatable bonds is 8. The maximum Gasteiger partial charge on any atom is 0.191 e. The summed E-state index contributed by atoms with van der Waals surface area (Å²) in [6.07, 6.45) is 4.65. The number of guanidine groups is 1. The highest BCUT2D eigenvalue weighted by molar-refractivity contribution is 14.0. The molecule has 6 nitrogen and oxygen atoms in total. The van der Waals surface area contributed by atoms with E-state index in [1.54, 1.807) is 0 Å². The van der Waals surface area contributed by atoms with Gasteiger partial charge in [-0.15, -0.1) is 24.0 Å². The van der Waals surface area contributed by atoms with Gasteiger partial charge in [0, 0.05) is 58.6 Å². The molecule has 0 saturated carbocycles. The van der Waals surface area contributed by atoms with Crippen molar-refractivity contribution in [3.8, 4) is 0 Å². The first-order valence-corrected chi connectivity index (χ1v) is 11.2. The predicted molar refractivity (Wildman–Crippen MR) is 137 cm³/mol. The molecule has 1 aromatic carbocycles. The standard InChI is InChI=1S/C23H39N5O.HI/c1-20-8-6-9-21(18-20)28-15-13-27(14-16-28)12-5-4-11-25-22(24-3)26-19-23(2)10-7-17-29-23;/h6,8-9,18H,4-5,7,10-17,19H2,1-3H3,(H2,24,25,26);1H. The van der Waals surface area contributed by atoms with Crippen molar-refractivity contribution in [3.05, 3.63) is 29.8 Å². The van der Waals surface area contributed by atoms with Gasteiger partial charge in [-0.05, 0) is 63.8 Å². The van der Waals surface area contributed by atoms with Gasteiger partial charge in [0.05, 0.1) is 5.60 Å². The van der Waals surface area contributed by atoms with Crippen molar-refractivity contribution < 1.29 is 4.74 Å². The highest BCUT2D eigenvalue weighted by atomic mass is 127. The van der Waals surface area contributed by atoms with E-state index in [9.17, 15) is 0 Å². The first kappa shape index (κ1) is 25.2. The summed E-state index contributed by atoms with van der Waals surface area (Å²) in [4.78, 5) is 9.44. The van der Waals surface area contributed by atoms with Gasteiger partial charge in [0.25, 0.3) is 0 Å². The number of benzene rings is 1. The first-order chi connectivity index (χ1) is 14.1. The normalized spacial score (nSPS) is 22.6. The van der Waals surface area contributed by atoms with E-state index in [1.807, 2.05) is 7.05 Å². The van der Waals surface area contributed by atoms with Crippen LogP contribution in [0.3, 0.4) is 0 Å². The van der Waals surface area contributed by atoms with E-state index in [0.29, 0.717) is 0 Å². The lowest BCUT2D eigenvalue weighted by atomic mass is 10.0. The minimum absolute atomic E-state index is 0. The largest absolute Gasteiger partial charge is 0.373 e. The van der Waals surface area contributed by atoms with Gasteiger partial charge in [-0.2, -0.15) is 0 Å². The van der Waals surface area contributed by atoms with E-state index < -0.39 is 0 Å². The summed E-state index contributed by atoms with van der Waals surface area (Å²) in [5, 5.41) is 6.85. The Morgan fingerprint density at radius 3 is 2.63 bits per heavy atom. The maximum atomic E-state index is 5.83. The maximum absolute atomic E-state index is 5.83. The molecule has 0 aliphatic carbocycles. The number of halogens is 1. The number of hydrogen-bond acceptors (Lipinski definition) is 4. The van der Waals surface area contributed by atoms with Gasteiger partial charge in [-0.25, -0.2) is 0 Å². The third-order valence-corrected chi connectivity index (χ3v) is 6.09. The molecule has 7 heteroatoms. The summed E-state index contributed by atoms with van der Waals surface area (Å²) < 4.78 is 5.83. The van der Waals surface area contributed by atoms with E-state index >= 15 is 0 Å². The topological polar surface area (TPSA) is 52.1 Å². The molecule has 0 radical (unpaired) electrons. The van der Waals surface area contributed by atoms with Crippen LogP contribution in [0.1, 0.15) is 38.2 Å². The van der Waals surface area contributed by atoms with Crippen LogP contribution in [0.2, 0.25) is 0 Å². The molecule has 1 aromatic rings. The Labute approximate surface area is 199 Å². The van der Waals surface area contributed by atoms with Gasteiger partial charge in [0.1, 0.15) is 0 Å². The minimum atomic E-state index is -0.0434. The fraction of sp³-hybridized carbons (Fsp3) is 0.696. The van der Waals surface area contributed by atoms with Gasteiger partial charge in [0.15, 0.2) is 5.96 Å². The molecule has 1 atom stereocenters. The zero-order chi connectivity index (χ0) is 20.5. The molecular weight excluding hydrogens is 489 g/mol. The Morgan fingerprint density at radius 1 is 1.17 bits per heavy atom. The molecule has 2 heterocycles. The second-order valence-electron chi connectivity index (χ2n) is 8.63. The van der Waals surface area contributed by atoms with Gasteiger partial charge in [-0.1, -0.05) is 12.1 Å². The summed E-state index contributed by atoms with van der Waals surface area (Å²) in [7, 11) is 1.83. The number of unbranched alkanes of at least 4 members (excludes halogenated alkanes) is 1. The van der Waals surface area contributed by atoms with E-state index in [0.717, 1.165) is 71.1 Å². The molecule has 30 heavy (non-hydrogen) atoms. The monoisotopic (exact) mass is 529 g/mol. The summed E-state index contributed by atoms with van der Waals surface area (Å²) in [6.45, 7) is 12.7. The lowest BCUT2D eigenvalue weighted by Gasteiger charge is -2.36. The molecule has 2 saturated heterocycles. The minimum Gasteiger partial charge on any atom is -0.373 e. The molecule has 2 fully saturated rings. The molecule has 0 amide bonds. The first-order valence-electron chi connectivity index (χ1n) is 11.2. The predicted octanol–water partition coefficient (Wildman–Crippen LogP) is 3.25. The van der Waals surface area contributed by atoms with Crippen molar-refractivity contribution >= 4 is 35.6 Å². The number of nitrogens with one attached hydrogen (secondary N) is 2. The van der Waals surface area contributed by atoms with E-state index in [-0.39, 0.29) is 29.6 Å². The number of anilines is 1. The van der Waals surface area contributed by atoms with Crippen LogP contribution in [0.25, 0.3) is 0 Å². The van der Waals surface area contributed by atoms with Crippen molar-refractivity contribution in [1.29, 1.82) is 0 Å². The number of nitrogens with zero attached hydrogens (tertiary/aromatic N) is 3. The highest BCUT2D eigenvalue weighted by Gasteiger charge is 2.29. The second kappa shape index (κ2) is 12.7. The average Bonchev–Trinajstić information content (AvgIpc) is 3.17. The van der Waals surface area contributed by atoms with Crippen LogP contribution in [0, 0.1) is 6.92 Å². The molecule has 0 spiro atoms. The molecule has 0 aromatic heterocycles. The molecule has 0 bridgehead atoms. The van der Waals surface area contributed by atoms with Crippen LogP contribution in [0.5, 0.6) is 0 Å². The fourth-order valence-corrected chi connectivity index (χ4v) is 4.19. The zero-order valence-corrected chi connectivity index (χ0v) is 21.3. The van der Waals surface area contributed by atoms with Crippen LogP contribution in [-0.2, 0) is 4.74 Å². The molecule has 2 aliphatic heterocycles. The summed E-state index contributed by atoms with van der Waals surface area (Å²) >= 11 is 0. The molecule has 2 aliphatic rings. The van der Waals surface area contributed by atoms with Gasteiger partial charge < -0.3 is 20.3 Å². The van der Waals surface area contributed by atoms with E-state index in [1.165, 1.54) is 24.2 Å². The molecule has 1 unspecified atom stereocenters. The van der Waals surface area contributed by atoms with Crippen molar-refractivity contribution in [3.63, 3.8) is 0 Å². The van der Waals surface area contributed by atoms with Gasteiger partial charge in [0.2, 0.25) is 0 Å². The summed E-state index contributed by atoms with van der Waals surface area (Å²) in [6, 6.07) is 8.85. The van der Waals surface area contributed by atoms with E-state index in [2.05, 4.69) is 63.5 Å². The van der Waals surface area contributed by atoms with Crippen molar-refractivity contribution in [2.75, 3.05) is 64.4 Å². The number of aryl methyl sites for hydroxylation is 1. The van der Waals surface area contributed by atoms with Gasteiger partial charge in [-0.3, -0.25) is 9.89 Å². The lowest BCUT2D eigenvalue weighted by molar-refractivity contribution is 0.0243. The second-order valence-corrected chi connectivity index (χ2v) is 8.63. The van der Waals surface area contributed by atoms with Crippen molar-refractivity contribution in [1.82, 2.24) is 15.5 Å². The summed E-state index contributed by atoms with van der Waals surface area (Å²) in [5.41, 5.74) is 2.66.